The minimum Gasteiger partial charge on any atom is -0.466 e. The Labute approximate surface area is 197 Å². The van der Waals surface area contributed by atoms with E-state index in [-0.39, 0.29) is 38.4 Å². The van der Waals surface area contributed by atoms with Crippen LogP contribution in [-0.4, -0.2) is 51.4 Å². The summed E-state index contributed by atoms with van der Waals surface area (Å²) < 4.78 is 32.9. The number of halogens is 2. The Balaban J connectivity index is 1.84. The zero-order chi connectivity index (χ0) is 23.3. The van der Waals surface area contributed by atoms with Gasteiger partial charge >= 0.3 is 5.97 Å². The van der Waals surface area contributed by atoms with Crippen molar-refractivity contribution in [3.05, 3.63) is 58.6 Å². The lowest BCUT2D eigenvalue weighted by Crippen LogP contribution is -2.46. The summed E-state index contributed by atoms with van der Waals surface area (Å²) in [5.41, 5.74) is 0.195. The fraction of sp³-hybridized carbons (Fsp3) is 0.364. The largest absolute Gasteiger partial charge is 0.466 e. The quantitative estimate of drug-likeness (QED) is 0.538. The molecular formula is C22H24Cl2N2O5S. The average Bonchev–Trinajstić information content (AvgIpc) is 2.77. The molecule has 0 unspecified atom stereocenters. The molecule has 0 aliphatic carbocycles. The first-order valence-electron chi connectivity index (χ1n) is 10.2. The second-order valence-corrected chi connectivity index (χ2v) is 10.1. The molecule has 32 heavy (non-hydrogen) atoms. The van der Waals surface area contributed by atoms with Crippen LogP contribution in [0.4, 0.5) is 5.69 Å². The number of anilines is 1. The van der Waals surface area contributed by atoms with Crippen molar-refractivity contribution in [2.75, 3.05) is 30.5 Å². The number of piperidine rings is 1. The summed E-state index contributed by atoms with van der Waals surface area (Å²) in [6, 6.07) is 12.2. The van der Waals surface area contributed by atoms with Gasteiger partial charge in [0, 0.05) is 23.1 Å². The molecule has 0 radical (unpaired) electrons. The van der Waals surface area contributed by atoms with E-state index in [4.69, 9.17) is 27.9 Å². The molecule has 1 heterocycles. The van der Waals surface area contributed by atoms with Gasteiger partial charge < -0.3 is 9.64 Å². The molecule has 0 aromatic heterocycles. The number of ether oxygens (including phenoxy) is 1. The fourth-order valence-electron chi connectivity index (χ4n) is 3.57. The smallest absolute Gasteiger partial charge is 0.309 e. The van der Waals surface area contributed by atoms with Crippen molar-refractivity contribution in [2.24, 2.45) is 5.92 Å². The molecule has 1 fully saturated rings. The molecule has 7 nitrogen and oxygen atoms in total. The van der Waals surface area contributed by atoms with Crippen molar-refractivity contribution in [3.63, 3.8) is 0 Å². The van der Waals surface area contributed by atoms with Gasteiger partial charge in [-0.15, -0.1) is 0 Å². The number of hydrogen-bond acceptors (Lipinski definition) is 5. The third-order valence-corrected chi connectivity index (χ3v) is 7.44. The highest BCUT2D eigenvalue weighted by atomic mass is 35.5. The Kier molecular flexibility index (Phi) is 8.03. The second-order valence-electron chi connectivity index (χ2n) is 7.36. The first-order valence-corrected chi connectivity index (χ1v) is 12.4. The molecule has 1 aliphatic rings. The van der Waals surface area contributed by atoms with Crippen LogP contribution in [0.1, 0.15) is 19.8 Å². The SMILES string of the molecule is CCOC(=O)C1CCN(C(=O)CN(c2cc(Cl)cc(Cl)c2)S(=O)(=O)c2ccccc2)CC1. The maximum Gasteiger partial charge on any atom is 0.309 e. The molecule has 0 atom stereocenters. The van der Waals surface area contributed by atoms with E-state index in [1.54, 1.807) is 30.0 Å². The van der Waals surface area contributed by atoms with E-state index >= 15 is 0 Å². The van der Waals surface area contributed by atoms with Gasteiger partial charge in [-0.3, -0.25) is 13.9 Å². The van der Waals surface area contributed by atoms with Crippen LogP contribution in [0.5, 0.6) is 0 Å². The number of carbonyl (C=O) groups excluding carboxylic acids is 2. The second kappa shape index (κ2) is 10.6. The number of esters is 1. The number of sulfonamides is 1. The average molecular weight is 499 g/mol. The summed E-state index contributed by atoms with van der Waals surface area (Å²) in [6.45, 7) is 2.33. The van der Waals surface area contributed by atoms with Crippen LogP contribution in [0.25, 0.3) is 0 Å². The zero-order valence-corrected chi connectivity index (χ0v) is 19.9. The summed E-state index contributed by atoms with van der Waals surface area (Å²) in [7, 11) is -4.06. The van der Waals surface area contributed by atoms with E-state index in [2.05, 4.69) is 0 Å². The Morgan fingerprint density at radius 1 is 1.06 bits per heavy atom. The van der Waals surface area contributed by atoms with Gasteiger partial charge in [-0.1, -0.05) is 41.4 Å². The topological polar surface area (TPSA) is 84.0 Å². The third kappa shape index (κ3) is 5.74. The lowest BCUT2D eigenvalue weighted by Gasteiger charge is -2.33. The van der Waals surface area contributed by atoms with E-state index in [1.807, 2.05) is 0 Å². The van der Waals surface area contributed by atoms with E-state index in [0.717, 1.165) is 4.31 Å². The van der Waals surface area contributed by atoms with Crippen molar-refractivity contribution in [2.45, 2.75) is 24.7 Å². The number of likely N-dealkylation sites (tertiary alicyclic amines) is 1. The molecule has 1 saturated heterocycles. The molecule has 2 aromatic rings. The highest BCUT2D eigenvalue weighted by Crippen LogP contribution is 2.30. The highest BCUT2D eigenvalue weighted by Gasteiger charge is 2.32. The maximum absolute atomic E-state index is 13.4. The van der Waals surface area contributed by atoms with Crippen LogP contribution < -0.4 is 4.31 Å². The molecule has 1 aliphatic heterocycles. The zero-order valence-electron chi connectivity index (χ0n) is 17.5. The van der Waals surface area contributed by atoms with Crippen molar-refractivity contribution in [1.82, 2.24) is 4.90 Å². The third-order valence-electron chi connectivity index (χ3n) is 5.21. The molecule has 0 bridgehead atoms. The number of benzene rings is 2. The standard InChI is InChI=1S/C22H24Cl2N2O5S/c1-2-31-22(28)16-8-10-25(11-9-16)21(27)15-26(19-13-17(23)12-18(24)14-19)32(29,30)20-6-4-3-5-7-20/h3-7,12-14,16H,2,8-11,15H2,1H3. The molecule has 1 amide bonds. The van der Waals surface area contributed by atoms with Crippen LogP contribution in [0, 0.1) is 5.92 Å². The highest BCUT2D eigenvalue weighted by molar-refractivity contribution is 7.92. The number of rotatable bonds is 7. The van der Waals surface area contributed by atoms with Gasteiger partial charge in [0.05, 0.1) is 23.1 Å². The molecule has 0 N–H and O–H groups in total. The van der Waals surface area contributed by atoms with Crippen LogP contribution in [0.2, 0.25) is 10.0 Å². The summed E-state index contributed by atoms with van der Waals surface area (Å²) in [6.07, 6.45) is 0.942. The molecule has 0 spiro atoms. The van der Waals surface area contributed by atoms with Crippen LogP contribution in [0.15, 0.2) is 53.4 Å². The first kappa shape index (κ1) is 24.4. The summed E-state index contributed by atoms with van der Waals surface area (Å²) >= 11 is 12.2. The van der Waals surface area contributed by atoms with Crippen molar-refractivity contribution in [3.8, 4) is 0 Å². The monoisotopic (exact) mass is 498 g/mol. The van der Waals surface area contributed by atoms with Gasteiger partial charge in [-0.05, 0) is 50.1 Å². The number of hydrogen-bond donors (Lipinski definition) is 0. The molecule has 3 rings (SSSR count). The van der Waals surface area contributed by atoms with Crippen molar-refractivity contribution < 1.29 is 22.7 Å². The van der Waals surface area contributed by atoms with Crippen LogP contribution in [-0.2, 0) is 24.3 Å². The van der Waals surface area contributed by atoms with Crippen molar-refractivity contribution in [1.29, 1.82) is 0 Å². The lowest BCUT2D eigenvalue weighted by molar-refractivity contribution is -0.151. The predicted molar refractivity (Wildman–Crippen MR) is 123 cm³/mol. The Bertz CT molecular complexity index is 1050. The first-order chi connectivity index (χ1) is 15.2. The fourth-order valence-corrected chi connectivity index (χ4v) is 5.50. The van der Waals surface area contributed by atoms with E-state index in [9.17, 15) is 18.0 Å². The maximum atomic E-state index is 13.4. The Morgan fingerprint density at radius 3 is 2.22 bits per heavy atom. The number of carbonyl (C=O) groups is 2. The molecule has 172 valence electrons. The van der Waals surface area contributed by atoms with E-state index in [1.165, 1.54) is 30.3 Å². The Morgan fingerprint density at radius 2 is 1.66 bits per heavy atom. The van der Waals surface area contributed by atoms with Gasteiger partial charge in [-0.2, -0.15) is 0 Å². The minimum atomic E-state index is -4.06. The minimum absolute atomic E-state index is 0.0462. The van der Waals surface area contributed by atoms with Crippen molar-refractivity contribution >= 4 is 50.8 Å². The molecule has 10 heteroatoms. The predicted octanol–water partition coefficient (Wildman–Crippen LogP) is 3.99. The van der Waals surface area contributed by atoms with Crippen LogP contribution >= 0.6 is 23.2 Å². The summed E-state index contributed by atoms with van der Waals surface area (Å²) in [4.78, 5) is 26.6. The number of amides is 1. The molecular weight excluding hydrogens is 475 g/mol. The molecule has 2 aromatic carbocycles. The van der Waals surface area contributed by atoms with Gasteiger partial charge in [0.2, 0.25) is 5.91 Å². The van der Waals surface area contributed by atoms with E-state index < -0.39 is 16.6 Å². The summed E-state index contributed by atoms with van der Waals surface area (Å²) in [5.74, 6) is -0.890. The van der Waals surface area contributed by atoms with Crippen LogP contribution in [0.3, 0.4) is 0 Å². The van der Waals surface area contributed by atoms with Gasteiger partial charge in [-0.25, -0.2) is 8.42 Å². The molecule has 0 saturated carbocycles. The number of nitrogens with zero attached hydrogens (tertiary/aromatic N) is 2. The Hall–Kier alpha value is -2.29. The lowest BCUT2D eigenvalue weighted by atomic mass is 9.97. The van der Waals surface area contributed by atoms with Gasteiger partial charge in [0.1, 0.15) is 6.54 Å². The van der Waals surface area contributed by atoms with E-state index in [0.29, 0.717) is 32.5 Å². The van der Waals surface area contributed by atoms with Gasteiger partial charge in [0.15, 0.2) is 0 Å². The van der Waals surface area contributed by atoms with Gasteiger partial charge in [0.25, 0.3) is 10.0 Å². The summed E-state index contributed by atoms with van der Waals surface area (Å²) in [5, 5.41) is 0.506. The normalized spacial score (nSPS) is 14.8.